The summed E-state index contributed by atoms with van der Waals surface area (Å²) >= 11 is 0. The first kappa shape index (κ1) is 13.8. The monoisotopic (exact) mass is 289 g/mol. The molecule has 0 saturated carbocycles. The maximum atomic E-state index is 13.6. The fourth-order valence-corrected chi connectivity index (χ4v) is 2.63. The van der Waals surface area contributed by atoms with E-state index >= 15 is 0 Å². The van der Waals surface area contributed by atoms with Gasteiger partial charge in [-0.05, 0) is 37.1 Å². The van der Waals surface area contributed by atoms with Crippen LogP contribution in [0.5, 0.6) is 0 Å². The van der Waals surface area contributed by atoms with E-state index in [0.29, 0.717) is 0 Å². The van der Waals surface area contributed by atoms with E-state index in [1.165, 1.54) is 18.2 Å². The van der Waals surface area contributed by atoms with Crippen LogP contribution in [-0.4, -0.2) is 24.1 Å². The number of benzene rings is 1. The van der Waals surface area contributed by atoms with Crippen LogP contribution >= 0.6 is 0 Å². The Morgan fingerprint density at radius 1 is 1.00 bits per heavy atom. The molecule has 0 aliphatic carbocycles. The third-order valence-corrected chi connectivity index (χ3v) is 3.78. The topological polar surface area (TPSA) is 28.2 Å². The zero-order valence-corrected chi connectivity index (χ0v) is 11.6. The highest BCUT2D eigenvalue weighted by atomic mass is 19.1. The number of hydrogen-bond donors (Lipinski definition) is 1. The third-order valence-electron chi connectivity index (χ3n) is 3.78. The van der Waals surface area contributed by atoms with E-state index in [-0.39, 0.29) is 11.7 Å². The summed E-state index contributed by atoms with van der Waals surface area (Å²) in [4.78, 5) is 6.52. The van der Waals surface area contributed by atoms with Gasteiger partial charge >= 0.3 is 0 Å². The number of rotatable bonds is 3. The summed E-state index contributed by atoms with van der Waals surface area (Å²) in [5, 5.41) is 2.99. The lowest BCUT2D eigenvalue weighted by Crippen LogP contribution is -2.39. The minimum atomic E-state index is -0.540. The lowest BCUT2D eigenvalue weighted by molar-refractivity contribution is 0.512. The molecule has 1 N–H and O–H groups in total. The van der Waals surface area contributed by atoms with Crippen molar-refractivity contribution in [3.63, 3.8) is 0 Å². The van der Waals surface area contributed by atoms with Crippen LogP contribution in [0.1, 0.15) is 12.8 Å². The molecule has 1 fully saturated rings. The van der Waals surface area contributed by atoms with Crippen LogP contribution in [0.4, 0.5) is 20.3 Å². The summed E-state index contributed by atoms with van der Waals surface area (Å²) < 4.78 is 27.2. The molecule has 5 heteroatoms. The van der Waals surface area contributed by atoms with Crippen molar-refractivity contribution in [2.75, 3.05) is 23.3 Å². The Hall–Kier alpha value is -2.17. The number of para-hydroxylation sites is 1. The van der Waals surface area contributed by atoms with Crippen LogP contribution < -0.4 is 10.2 Å². The minimum Gasteiger partial charge on any atom is -0.377 e. The maximum Gasteiger partial charge on any atom is 0.149 e. The molecule has 21 heavy (non-hydrogen) atoms. The number of aromatic nitrogens is 1. The Morgan fingerprint density at radius 3 is 2.33 bits per heavy atom. The van der Waals surface area contributed by atoms with E-state index in [1.807, 2.05) is 18.2 Å². The Morgan fingerprint density at radius 2 is 1.71 bits per heavy atom. The largest absolute Gasteiger partial charge is 0.377 e. The zero-order chi connectivity index (χ0) is 14.7. The van der Waals surface area contributed by atoms with Gasteiger partial charge in [-0.15, -0.1) is 0 Å². The van der Waals surface area contributed by atoms with Gasteiger partial charge < -0.3 is 10.2 Å². The molecule has 0 amide bonds. The Labute approximate surface area is 122 Å². The molecule has 1 saturated heterocycles. The molecule has 0 atom stereocenters. The van der Waals surface area contributed by atoms with Gasteiger partial charge in [0.05, 0.1) is 0 Å². The van der Waals surface area contributed by atoms with Crippen LogP contribution in [0, 0.1) is 11.6 Å². The van der Waals surface area contributed by atoms with Crippen molar-refractivity contribution in [2.24, 2.45) is 0 Å². The van der Waals surface area contributed by atoms with Crippen molar-refractivity contribution in [3.05, 3.63) is 54.2 Å². The molecule has 2 heterocycles. The van der Waals surface area contributed by atoms with Crippen LogP contribution in [0.15, 0.2) is 42.6 Å². The molecular weight excluding hydrogens is 272 g/mol. The standard InChI is InChI=1S/C16H17F2N3/c17-13-4-3-5-14(18)16(13)20-12-7-10-21(11-8-12)15-6-1-2-9-19-15/h1-6,9,12,20H,7-8,10-11H2. The lowest BCUT2D eigenvalue weighted by atomic mass is 10.0. The van der Waals surface area contributed by atoms with Crippen molar-refractivity contribution >= 4 is 11.5 Å². The minimum absolute atomic E-state index is 0.0196. The van der Waals surface area contributed by atoms with Gasteiger partial charge in [0.25, 0.3) is 0 Å². The number of halogens is 2. The normalized spacial score (nSPS) is 16.0. The van der Waals surface area contributed by atoms with Crippen LogP contribution in [0.25, 0.3) is 0 Å². The first-order chi connectivity index (χ1) is 10.2. The fourth-order valence-electron chi connectivity index (χ4n) is 2.63. The fraction of sp³-hybridized carbons (Fsp3) is 0.312. The van der Waals surface area contributed by atoms with Gasteiger partial charge in [-0.1, -0.05) is 12.1 Å². The molecule has 1 aromatic carbocycles. The second-order valence-electron chi connectivity index (χ2n) is 5.19. The van der Waals surface area contributed by atoms with Gasteiger partial charge in [0, 0.05) is 25.3 Å². The summed E-state index contributed by atoms with van der Waals surface area (Å²) in [6.45, 7) is 1.65. The molecule has 1 aromatic heterocycles. The highest BCUT2D eigenvalue weighted by Gasteiger charge is 2.21. The summed E-state index contributed by atoms with van der Waals surface area (Å²) in [5.74, 6) is -0.127. The van der Waals surface area contributed by atoms with Crippen LogP contribution in [-0.2, 0) is 0 Å². The Balaban J connectivity index is 1.62. The van der Waals surface area contributed by atoms with E-state index in [0.717, 1.165) is 31.7 Å². The van der Waals surface area contributed by atoms with Crippen LogP contribution in [0.2, 0.25) is 0 Å². The molecule has 110 valence electrons. The second kappa shape index (κ2) is 6.08. The van der Waals surface area contributed by atoms with Gasteiger partial charge in [-0.3, -0.25) is 0 Å². The number of nitrogens with one attached hydrogen (secondary N) is 1. The Kier molecular flexibility index (Phi) is 3.99. The number of pyridine rings is 1. The molecule has 1 aliphatic heterocycles. The smallest absolute Gasteiger partial charge is 0.149 e. The second-order valence-corrected chi connectivity index (χ2v) is 5.19. The molecule has 0 spiro atoms. The van der Waals surface area contributed by atoms with Crippen molar-refractivity contribution < 1.29 is 8.78 Å². The van der Waals surface area contributed by atoms with E-state index in [2.05, 4.69) is 15.2 Å². The van der Waals surface area contributed by atoms with E-state index < -0.39 is 11.6 Å². The zero-order valence-electron chi connectivity index (χ0n) is 11.6. The van der Waals surface area contributed by atoms with E-state index in [9.17, 15) is 8.78 Å². The van der Waals surface area contributed by atoms with Crippen molar-refractivity contribution in [1.82, 2.24) is 4.98 Å². The average Bonchev–Trinajstić information content (AvgIpc) is 2.53. The maximum absolute atomic E-state index is 13.6. The molecule has 3 rings (SSSR count). The predicted molar refractivity (Wildman–Crippen MR) is 79.5 cm³/mol. The third kappa shape index (κ3) is 3.12. The highest BCUT2D eigenvalue weighted by Crippen LogP contribution is 2.23. The predicted octanol–water partition coefficient (Wildman–Crippen LogP) is 3.44. The van der Waals surface area contributed by atoms with Gasteiger partial charge in [-0.2, -0.15) is 0 Å². The number of hydrogen-bond acceptors (Lipinski definition) is 3. The van der Waals surface area contributed by atoms with Gasteiger partial charge in [0.1, 0.15) is 23.1 Å². The molecule has 2 aromatic rings. The molecule has 0 radical (unpaired) electrons. The highest BCUT2D eigenvalue weighted by molar-refractivity contribution is 5.47. The number of anilines is 2. The van der Waals surface area contributed by atoms with Crippen molar-refractivity contribution in [2.45, 2.75) is 18.9 Å². The molecule has 0 unspecified atom stereocenters. The van der Waals surface area contributed by atoms with E-state index in [4.69, 9.17) is 0 Å². The lowest BCUT2D eigenvalue weighted by Gasteiger charge is -2.33. The number of nitrogens with zero attached hydrogens (tertiary/aromatic N) is 2. The summed E-state index contributed by atoms with van der Waals surface area (Å²) in [6, 6.07) is 9.82. The van der Waals surface area contributed by atoms with Gasteiger partial charge in [-0.25, -0.2) is 13.8 Å². The SMILES string of the molecule is Fc1cccc(F)c1NC1CCN(c2ccccn2)CC1. The van der Waals surface area contributed by atoms with E-state index in [1.54, 1.807) is 6.20 Å². The van der Waals surface area contributed by atoms with Crippen molar-refractivity contribution in [1.29, 1.82) is 0 Å². The molecule has 0 bridgehead atoms. The number of piperidine rings is 1. The average molecular weight is 289 g/mol. The van der Waals surface area contributed by atoms with Crippen LogP contribution in [0.3, 0.4) is 0 Å². The summed E-state index contributed by atoms with van der Waals surface area (Å²) in [7, 11) is 0. The first-order valence-corrected chi connectivity index (χ1v) is 7.10. The van der Waals surface area contributed by atoms with Crippen molar-refractivity contribution in [3.8, 4) is 0 Å². The van der Waals surface area contributed by atoms with Gasteiger partial charge in [0.2, 0.25) is 0 Å². The summed E-state index contributed by atoms with van der Waals surface area (Å²) in [6.07, 6.45) is 3.42. The quantitative estimate of drug-likeness (QED) is 0.938. The first-order valence-electron chi connectivity index (χ1n) is 7.10. The molecular formula is C16H17F2N3. The molecule has 1 aliphatic rings. The molecule has 3 nitrogen and oxygen atoms in total. The summed E-state index contributed by atoms with van der Waals surface area (Å²) in [5.41, 5.74) is -0.0196. The Bertz CT molecular complexity index is 575. The van der Waals surface area contributed by atoms with Gasteiger partial charge in [0.15, 0.2) is 0 Å².